The molecule has 0 N–H and O–H groups in total. The van der Waals surface area contributed by atoms with Crippen molar-refractivity contribution < 1.29 is 4.21 Å². The number of rotatable bonds is 7. The first-order valence-electron chi connectivity index (χ1n) is 10.3. The fourth-order valence-corrected chi connectivity index (χ4v) is 9.24. The predicted molar refractivity (Wildman–Crippen MR) is 134 cm³/mol. The summed E-state index contributed by atoms with van der Waals surface area (Å²) in [5.41, 5.74) is 1.27. The monoisotopic (exact) mass is 443 g/mol. The molecule has 0 spiro atoms. The smallest absolute Gasteiger partial charge is 0.0759 e. The molecule has 4 heteroatoms. The molecule has 4 rings (SSSR count). The van der Waals surface area contributed by atoms with E-state index in [0.717, 1.165) is 4.90 Å². The van der Waals surface area contributed by atoms with Crippen LogP contribution in [0.25, 0.3) is 0 Å². The predicted octanol–water partition coefficient (Wildman–Crippen LogP) is 6.02. The summed E-state index contributed by atoms with van der Waals surface area (Å²) in [6, 6.07) is 41.4. The number of hydrogen-bond donors (Lipinski definition) is 0. The van der Waals surface area contributed by atoms with Crippen LogP contribution in [0.5, 0.6) is 0 Å². The van der Waals surface area contributed by atoms with E-state index >= 15 is 0 Å². The Morgan fingerprint density at radius 2 is 1.10 bits per heavy atom. The van der Waals surface area contributed by atoms with Gasteiger partial charge in [0.05, 0.1) is 9.73 Å². The molecule has 2 nitrogen and oxygen atoms in total. The molecule has 0 fully saturated rings. The molecule has 0 aliphatic rings. The van der Waals surface area contributed by atoms with Crippen molar-refractivity contribution in [2.45, 2.75) is 10.6 Å². The lowest BCUT2D eigenvalue weighted by Crippen LogP contribution is -2.23. The van der Waals surface area contributed by atoms with Crippen LogP contribution in [0.3, 0.4) is 0 Å². The Morgan fingerprint density at radius 3 is 1.55 bits per heavy atom. The maximum absolute atomic E-state index is 14.2. The summed E-state index contributed by atoms with van der Waals surface area (Å²) in [4.78, 5) is 0.800. The highest BCUT2D eigenvalue weighted by Crippen LogP contribution is 2.50. The van der Waals surface area contributed by atoms with Gasteiger partial charge in [-0.15, -0.1) is 0 Å². The second-order valence-corrected chi connectivity index (χ2v) is 12.1. The van der Waals surface area contributed by atoms with Crippen molar-refractivity contribution in [2.24, 2.45) is 4.36 Å². The lowest BCUT2D eigenvalue weighted by molar-refractivity contribution is 0.674. The molecule has 0 bridgehead atoms. The fraction of sp³-hybridized carbons (Fsp3) is 0.111. The minimum absolute atomic E-state index is 0.0670. The highest BCUT2D eigenvalue weighted by Gasteiger charge is 2.30. The van der Waals surface area contributed by atoms with E-state index in [2.05, 4.69) is 77.2 Å². The summed E-state index contributed by atoms with van der Waals surface area (Å²) in [5.74, 6) is 0.479. The second kappa shape index (κ2) is 10.0. The Kier molecular flexibility index (Phi) is 6.96. The van der Waals surface area contributed by atoms with E-state index < -0.39 is 17.7 Å². The topological polar surface area (TPSA) is 29.4 Å². The first kappa shape index (κ1) is 21.5. The van der Waals surface area contributed by atoms with Crippen LogP contribution >= 0.6 is 7.92 Å². The van der Waals surface area contributed by atoms with Crippen molar-refractivity contribution in [1.82, 2.24) is 0 Å². The zero-order chi connectivity index (χ0) is 21.5. The molecular formula is C27H26NOPS. The number of nitrogens with zero attached hydrogens (tertiary/aromatic N) is 1. The summed E-state index contributed by atoms with van der Waals surface area (Å²) in [7, 11) is -1.68. The maximum Gasteiger partial charge on any atom is 0.0759 e. The van der Waals surface area contributed by atoms with Gasteiger partial charge in [0.1, 0.15) is 0 Å². The van der Waals surface area contributed by atoms with E-state index in [1.54, 1.807) is 7.05 Å². The first-order chi connectivity index (χ1) is 15.2. The van der Waals surface area contributed by atoms with Gasteiger partial charge < -0.3 is 0 Å². The standard InChI is InChI=1S/C27H26NOPS/c1-28-31(29,26-20-12-5-13-21-26)22-27(23-14-6-2-7-15-23)30(24-16-8-3-9-17-24)25-18-10-4-11-19-25/h2-21,27H,22H2,1H3/t27-,31+/m1/s1. The number of benzene rings is 4. The Bertz CT molecular complexity index is 1170. The summed E-state index contributed by atoms with van der Waals surface area (Å²) in [6.07, 6.45) is 0. The van der Waals surface area contributed by atoms with Gasteiger partial charge in [-0.3, -0.25) is 0 Å². The molecule has 31 heavy (non-hydrogen) atoms. The average Bonchev–Trinajstić information content (AvgIpc) is 2.86. The van der Waals surface area contributed by atoms with E-state index in [0.29, 0.717) is 5.75 Å². The SMILES string of the molecule is CN=[S@](=O)(C[C@H](c1ccccc1)P(c1ccccc1)c1ccccc1)c1ccccc1. The lowest BCUT2D eigenvalue weighted by atomic mass is 10.2. The van der Waals surface area contributed by atoms with Gasteiger partial charge in [0.2, 0.25) is 0 Å². The molecule has 0 aliphatic heterocycles. The Hall–Kier alpha value is -2.74. The molecule has 4 aromatic carbocycles. The van der Waals surface area contributed by atoms with E-state index in [4.69, 9.17) is 0 Å². The molecule has 4 aromatic rings. The van der Waals surface area contributed by atoms with Gasteiger partial charge >= 0.3 is 0 Å². The van der Waals surface area contributed by atoms with E-state index in [1.807, 2.05) is 48.5 Å². The number of hydrogen-bond acceptors (Lipinski definition) is 2. The molecule has 0 saturated heterocycles. The van der Waals surface area contributed by atoms with Gasteiger partial charge in [0, 0.05) is 23.4 Å². The lowest BCUT2D eigenvalue weighted by Gasteiger charge is -2.30. The summed E-state index contributed by atoms with van der Waals surface area (Å²) in [6.45, 7) is 0. The molecule has 0 amide bonds. The van der Waals surface area contributed by atoms with Crippen molar-refractivity contribution in [3.63, 3.8) is 0 Å². The van der Waals surface area contributed by atoms with Crippen molar-refractivity contribution in [1.29, 1.82) is 0 Å². The van der Waals surface area contributed by atoms with Crippen molar-refractivity contribution in [2.75, 3.05) is 12.8 Å². The van der Waals surface area contributed by atoms with Crippen LogP contribution in [0.15, 0.2) is 131 Å². The highest BCUT2D eigenvalue weighted by molar-refractivity contribution is 7.94. The minimum Gasteiger partial charge on any atom is -0.245 e. The highest BCUT2D eigenvalue weighted by atomic mass is 32.2. The van der Waals surface area contributed by atoms with Crippen LogP contribution in [0.2, 0.25) is 0 Å². The van der Waals surface area contributed by atoms with Gasteiger partial charge in [0.15, 0.2) is 0 Å². The summed E-state index contributed by atoms with van der Waals surface area (Å²) < 4.78 is 18.6. The van der Waals surface area contributed by atoms with Crippen LogP contribution in [0.1, 0.15) is 11.2 Å². The van der Waals surface area contributed by atoms with Crippen molar-refractivity contribution >= 4 is 28.3 Å². The quantitative estimate of drug-likeness (QED) is 0.321. The molecule has 0 heterocycles. The molecular weight excluding hydrogens is 417 g/mol. The molecule has 2 atom stereocenters. The van der Waals surface area contributed by atoms with Crippen LogP contribution < -0.4 is 10.6 Å². The third-order valence-electron chi connectivity index (χ3n) is 5.35. The van der Waals surface area contributed by atoms with Crippen LogP contribution in [-0.2, 0) is 9.73 Å². The van der Waals surface area contributed by atoms with E-state index in [9.17, 15) is 4.21 Å². The second-order valence-electron chi connectivity index (χ2n) is 7.27. The van der Waals surface area contributed by atoms with Gasteiger partial charge in [-0.1, -0.05) is 109 Å². The molecule has 156 valence electrons. The third kappa shape index (κ3) is 4.95. The Labute approximate surface area is 186 Å². The first-order valence-corrected chi connectivity index (χ1v) is 13.4. The largest absolute Gasteiger partial charge is 0.245 e. The maximum atomic E-state index is 14.2. The van der Waals surface area contributed by atoms with Crippen LogP contribution in [0.4, 0.5) is 0 Å². The van der Waals surface area contributed by atoms with Gasteiger partial charge in [0.25, 0.3) is 0 Å². The zero-order valence-corrected chi connectivity index (χ0v) is 19.3. The Morgan fingerprint density at radius 1 is 0.677 bits per heavy atom. The molecule has 0 saturated carbocycles. The van der Waals surface area contributed by atoms with E-state index in [-0.39, 0.29) is 5.66 Å². The van der Waals surface area contributed by atoms with E-state index in [1.165, 1.54) is 16.2 Å². The summed E-state index contributed by atoms with van der Waals surface area (Å²) >= 11 is 0. The van der Waals surface area contributed by atoms with Crippen LogP contribution in [-0.4, -0.2) is 17.0 Å². The average molecular weight is 444 g/mol. The molecule has 0 aliphatic carbocycles. The zero-order valence-electron chi connectivity index (χ0n) is 17.5. The van der Waals surface area contributed by atoms with Gasteiger partial charge in [-0.25, -0.2) is 8.57 Å². The third-order valence-corrected chi connectivity index (χ3v) is 10.8. The van der Waals surface area contributed by atoms with Gasteiger partial charge in [-0.2, -0.15) is 0 Å². The van der Waals surface area contributed by atoms with Crippen LogP contribution in [0, 0.1) is 0 Å². The van der Waals surface area contributed by atoms with Gasteiger partial charge in [-0.05, 0) is 36.2 Å². The van der Waals surface area contributed by atoms with Crippen molar-refractivity contribution in [3.05, 3.63) is 127 Å². The summed E-state index contributed by atoms with van der Waals surface area (Å²) in [5, 5.41) is 2.56. The Balaban J connectivity index is 1.89. The molecule has 0 radical (unpaired) electrons. The normalized spacial score (nSPS) is 14.0. The molecule has 0 aromatic heterocycles. The minimum atomic E-state index is -2.57. The van der Waals surface area contributed by atoms with Crippen molar-refractivity contribution in [3.8, 4) is 0 Å². The molecule has 0 unspecified atom stereocenters. The fourth-order valence-electron chi connectivity index (χ4n) is 3.80.